The van der Waals surface area contributed by atoms with Crippen LogP contribution < -0.4 is 5.32 Å². The Morgan fingerprint density at radius 1 is 1.00 bits per heavy atom. The molecule has 1 aliphatic heterocycles. The molecule has 27 heavy (non-hydrogen) atoms. The van der Waals surface area contributed by atoms with Crippen molar-refractivity contribution in [2.24, 2.45) is 0 Å². The number of nitrogens with zero attached hydrogens (tertiary/aromatic N) is 2. The van der Waals surface area contributed by atoms with Crippen LogP contribution in [-0.2, 0) is 21.4 Å². The molecule has 0 unspecified atom stereocenters. The lowest BCUT2D eigenvalue weighted by molar-refractivity contribution is -0.114. The Hall–Kier alpha value is -2.29. The molecule has 1 heterocycles. The third-order valence-corrected chi connectivity index (χ3v) is 6.38. The number of halogens is 1. The Balaban J connectivity index is 1.60. The van der Waals surface area contributed by atoms with Crippen molar-refractivity contribution in [3.05, 3.63) is 59.9 Å². The molecule has 0 radical (unpaired) electrons. The van der Waals surface area contributed by atoms with Crippen LogP contribution in [0, 0.1) is 5.82 Å². The van der Waals surface area contributed by atoms with E-state index < -0.39 is 10.0 Å². The van der Waals surface area contributed by atoms with Gasteiger partial charge in [-0.25, -0.2) is 12.8 Å². The van der Waals surface area contributed by atoms with Gasteiger partial charge in [-0.3, -0.25) is 9.69 Å². The SMILES string of the molecule is CC(=O)Nc1ccc(S(=O)(=O)N2CCN(Cc3ccc(F)cc3)CC2)cc1. The van der Waals surface area contributed by atoms with Crippen molar-refractivity contribution in [3.8, 4) is 0 Å². The standard InChI is InChI=1S/C19H22FN3O3S/c1-15(24)21-18-6-8-19(9-7-18)27(25,26)23-12-10-22(11-13-23)14-16-2-4-17(20)5-3-16/h2-9H,10-14H2,1H3,(H,21,24). The summed E-state index contributed by atoms with van der Waals surface area (Å²) in [6.07, 6.45) is 0. The van der Waals surface area contributed by atoms with E-state index in [0.717, 1.165) is 5.56 Å². The van der Waals surface area contributed by atoms with Crippen molar-refractivity contribution in [2.75, 3.05) is 31.5 Å². The zero-order valence-electron chi connectivity index (χ0n) is 15.1. The van der Waals surface area contributed by atoms with Crippen LogP contribution in [0.4, 0.5) is 10.1 Å². The summed E-state index contributed by atoms with van der Waals surface area (Å²) in [6.45, 7) is 4.09. The number of carbonyl (C=O) groups is 1. The van der Waals surface area contributed by atoms with E-state index in [1.807, 2.05) is 0 Å². The highest BCUT2D eigenvalue weighted by Gasteiger charge is 2.28. The van der Waals surface area contributed by atoms with Crippen LogP contribution in [0.15, 0.2) is 53.4 Å². The van der Waals surface area contributed by atoms with E-state index in [4.69, 9.17) is 0 Å². The smallest absolute Gasteiger partial charge is 0.243 e. The first kappa shape index (κ1) is 19.5. The van der Waals surface area contributed by atoms with E-state index in [0.29, 0.717) is 38.4 Å². The second kappa shape index (κ2) is 8.16. The van der Waals surface area contributed by atoms with Gasteiger partial charge in [-0.05, 0) is 42.0 Å². The van der Waals surface area contributed by atoms with Gasteiger partial charge in [-0.15, -0.1) is 0 Å². The Kier molecular flexibility index (Phi) is 5.88. The molecule has 0 aromatic heterocycles. The maximum atomic E-state index is 13.0. The van der Waals surface area contributed by atoms with Crippen molar-refractivity contribution >= 4 is 21.6 Å². The number of hydrogen-bond acceptors (Lipinski definition) is 4. The fourth-order valence-electron chi connectivity index (χ4n) is 3.04. The first-order valence-corrected chi connectivity index (χ1v) is 10.1. The molecule has 0 atom stereocenters. The fraction of sp³-hybridized carbons (Fsp3) is 0.316. The van der Waals surface area contributed by atoms with Crippen LogP contribution in [0.5, 0.6) is 0 Å². The summed E-state index contributed by atoms with van der Waals surface area (Å²) < 4.78 is 40.1. The van der Waals surface area contributed by atoms with Crippen LogP contribution in [0.2, 0.25) is 0 Å². The Bertz CT molecular complexity index is 891. The van der Waals surface area contributed by atoms with Crippen molar-refractivity contribution in [1.29, 1.82) is 0 Å². The van der Waals surface area contributed by atoms with Gasteiger partial charge in [-0.2, -0.15) is 4.31 Å². The summed E-state index contributed by atoms with van der Waals surface area (Å²) in [5, 5.41) is 2.62. The minimum Gasteiger partial charge on any atom is -0.326 e. The second-order valence-corrected chi connectivity index (χ2v) is 8.45. The first-order chi connectivity index (χ1) is 12.8. The summed E-state index contributed by atoms with van der Waals surface area (Å²) in [4.78, 5) is 13.4. The van der Waals surface area contributed by atoms with E-state index in [9.17, 15) is 17.6 Å². The molecule has 0 saturated carbocycles. The number of carbonyl (C=O) groups excluding carboxylic acids is 1. The summed E-state index contributed by atoms with van der Waals surface area (Å²) in [5.41, 5.74) is 1.56. The van der Waals surface area contributed by atoms with Gasteiger partial charge in [0, 0.05) is 45.3 Å². The lowest BCUT2D eigenvalue weighted by Gasteiger charge is -2.34. The predicted molar refractivity (Wildman–Crippen MR) is 101 cm³/mol. The number of amides is 1. The molecule has 1 amide bonds. The number of piperazine rings is 1. The average molecular weight is 391 g/mol. The highest BCUT2D eigenvalue weighted by atomic mass is 32.2. The van der Waals surface area contributed by atoms with E-state index in [1.54, 1.807) is 24.3 Å². The van der Waals surface area contributed by atoms with Gasteiger partial charge < -0.3 is 5.32 Å². The van der Waals surface area contributed by atoms with Gasteiger partial charge in [0.15, 0.2) is 0 Å². The third-order valence-electron chi connectivity index (χ3n) is 4.46. The summed E-state index contributed by atoms with van der Waals surface area (Å²) in [7, 11) is -3.56. The van der Waals surface area contributed by atoms with Crippen molar-refractivity contribution in [1.82, 2.24) is 9.21 Å². The lowest BCUT2D eigenvalue weighted by Crippen LogP contribution is -2.48. The molecule has 1 N–H and O–H groups in total. The largest absolute Gasteiger partial charge is 0.326 e. The Labute approximate surface area is 158 Å². The lowest BCUT2D eigenvalue weighted by atomic mass is 10.2. The molecule has 1 saturated heterocycles. The van der Waals surface area contributed by atoms with Crippen molar-refractivity contribution < 1.29 is 17.6 Å². The molecular formula is C19H22FN3O3S. The normalized spacial score (nSPS) is 16.2. The molecule has 1 fully saturated rings. The van der Waals surface area contributed by atoms with Gasteiger partial charge in [0.2, 0.25) is 15.9 Å². The van der Waals surface area contributed by atoms with E-state index in [-0.39, 0.29) is 16.6 Å². The molecule has 8 heteroatoms. The van der Waals surface area contributed by atoms with Gasteiger partial charge in [-0.1, -0.05) is 12.1 Å². The number of sulfonamides is 1. The summed E-state index contributed by atoms with van der Waals surface area (Å²) in [5.74, 6) is -0.470. The Morgan fingerprint density at radius 3 is 2.15 bits per heavy atom. The number of benzene rings is 2. The van der Waals surface area contributed by atoms with Crippen molar-refractivity contribution in [2.45, 2.75) is 18.4 Å². The van der Waals surface area contributed by atoms with Crippen LogP contribution >= 0.6 is 0 Å². The monoisotopic (exact) mass is 391 g/mol. The highest BCUT2D eigenvalue weighted by molar-refractivity contribution is 7.89. The molecule has 144 valence electrons. The van der Waals surface area contributed by atoms with E-state index in [2.05, 4.69) is 10.2 Å². The summed E-state index contributed by atoms with van der Waals surface area (Å²) >= 11 is 0. The maximum absolute atomic E-state index is 13.0. The van der Waals surface area contributed by atoms with E-state index >= 15 is 0 Å². The predicted octanol–water partition coefficient (Wildman–Crippen LogP) is 2.29. The average Bonchev–Trinajstić information content (AvgIpc) is 2.64. The quantitative estimate of drug-likeness (QED) is 0.849. The minimum absolute atomic E-state index is 0.206. The first-order valence-electron chi connectivity index (χ1n) is 8.69. The van der Waals surface area contributed by atoms with Crippen molar-refractivity contribution in [3.63, 3.8) is 0 Å². The number of nitrogens with one attached hydrogen (secondary N) is 1. The molecule has 0 spiro atoms. The molecule has 3 rings (SSSR count). The van der Waals surface area contributed by atoms with Crippen LogP contribution in [-0.4, -0.2) is 49.7 Å². The van der Waals surface area contributed by atoms with Gasteiger partial charge in [0.1, 0.15) is 5.82 Å². The minimum atomic E-state index is -3.56. The zero-order valence-corrected chi connectivity index (χ0v) is 15.9. The molecule has 2 aromatic rings. The topological polar surface area (TPSA) is 69.7 Å². The van der Waals surface area contributed by atoms with E-state index in [1.165, 1.54) is 35.5 Å². The molecule has 0 aliphatic carbocycles. The number of rotatable bonds is 5. The number of hydrogen-bond donors (Lipinski definition) is 1. The van der Waals surface area contributed by atoms with Crippen LogP contribution in [0.1, 0.15) is 12.5 Å². The van der Waals surface area contributed by atoms with Gasteiger partial charge in [0.05, 0.1) is 4.90 Å². The molecule has 0 bridgehead atoms. The molecule has 2 aromatic carbocycles. The molecular weight excluding hydrogens is 369 g/mol. The van der Waals surface area contributed by atoms with Gasteiger partial charge >= 0.3 is 0 Å². The fourth-order valence-corrected chi connectivity index (χ4v) is 4.46. The summed E-state index contributed by atoms with van der Waals surface area (Å²) in [6, 6.07) is 12.5. The molecule has 1 aliphatic rings. The Morgan fingerprint density at radius 2 is 1.59 bits per heavy atom. The molecule has 6 nitrogen and oxygen atoms in total. The maximum Gasteiger partial charge on any atom is 0.243 e. The van der Waals surface area contributed by atoms with Crippen LogP contribution in [0.3, 0.4) is 0 Å². The highest BCUT2D eigenvalue weighted by Crippen LogP contribution is 2.20. The number of anilines is 1. The zero-order chi connectivity index (χ0) is 19.4. The third kappa shape index (κ3) is 4.91. The second-order valence-electron chi connectivity index (χ2n) is 6.51. The van der Waals surface area contributed by atoms with Crippen LogP contribution in [0.25, 0.3) is 0 Å². The van der Waals surface area contributed by atoms with Gasteiger partial charge in [0.25, 0.3) is 0 Å².